The molecule has 0 aromatic carbocycles. The van der Waals surface area contributed by atoms with Crippen LogP contribution in [0.25, 0.3) is 0 Å². The average Bonchev–Trinajstić information content (AvgIpc) is 3.06. The van der Waals surface area contributed by atoms with Gasteiger partial charge in [0.2, 0.25) is 0 Å². The minimum Gasteiger partial charge on any atom is -0.388 e. The summed E-state index contributed by atoms with van der Waals surface area (Å²) >= 11 is 0. The summed E-state index contributed by atoms with van der Waals surface area (Å²) in [5.74, 6) is 0.245. The van der Waals surface area contributed by atoms with Crippen molar-refractivity contribution in [1.29, 1.82) is 0 Å². The molecule has 1 saturated heterocycles. The molecule has 19 heavy (non-hydrogen) atoms. The first-order valence-electron chi connectivity index (χ1n) is 7.59. The molecule has 4 rings (SSSR count). The van der Waals surface area contributed by atoms with Crippen LogP contribution in [0.3, 0.4) is 0 Å². The number of nitrogens with zero attached hydrogens (tertiary/aromatic N) is 2. The molecule has 1 aliphatic heterocycles. The Kier molecular flexibility index (Phi) is 2.52. The third-order valence-electron chi connectivity index (χ3n) is 5.29. The Hall–Kier alpha value is -0.930. The van der Waals surface area contributed by atoms with Crippen LogP contribution in [0.15, 0.2) is 18.3 Å². The second kappa shape index (κ2) is 4.03. The fourth-order valence-corrected chi connectivity index (χ4v) is 4.25. The Morgan fingerprint density at radius 3 is 3.00 bits per heavy atom. The number of hydrogen-bond acceptors (Lipinski definition) is 3. The van der Waals surface area contributed by atoms with Crippen molar-refractivity contribution in [2.24, 2.45) is 0 Å². The molecule has 1 N–H and O–H groups in total. The lowest BCUT2D eigenvalue weighted by molar-refractivity contribution is 0.0194. The normalized spacial score (nSPS) is 38.6. The van der Waals surface area contributed by atoms with Crippen LogP contribution in [0, 0.1) is 0 Å². The van der Waals surface area contributed by atoms with Crippen molar-refractivity contribution >= 4 is 0 Å². The van der Waals surface area contributed by atoms with Gasteiger partial charge in [0, 0.05) is 36.4 Å². The molecule has 3 heteroatoms. The number of β-amino-alcohol motifs (C(OH)–C–C–N with tert-alkyl or cyclic N) is 1. The van der Waals surface area contributed by atoms with Gasteiger partial charge < -0.3 is 5.11 Å². The molecule has 102 valence electrons. The monoisotopic (exact) mass is 258 g/mol. The summed E-state index contributed by atoms with van der Waals surface area (Å²) in [5, 5.41) is 11.2. The van der Waals surface area contributed by atoms with Gasteiger partial charge in [-0.25, -0.2) is 0 Å². The lowest BCUT2D eigenvalue weighted by Gasteiger charge is -2.30. The minimum absolute atomic E-state index is 0.245. The molecule has 3 nitrogen and oxygen atoms in total. The quantitative estimate of drug-likeness (QED) is 0.882. The summed E-state index contributed by atoms with van der Waals surface area (Å²) in [7, 11) is 0. The van der Waals surface area contributed by atoms with E-state index in [2.05, 4.69) is 22.9 Å². The van der Waals surface area contributed by atoms with Gasteiger partial charge in [-0.05, 0) is 50.7 Å². The molecule has 3 aliphatic rings. The van der Waals surface area contributed by atoms with Gasteiger partial charge in [-0.2, -0.15) is 0 Å². The van der Waals surface area contributed by atoms with Crippen molar-refractivity contribution in [2.75, 3.05) is 6.54 Å². The van der Waals surface area contributed by atoms with Crippen LogP contribution in [-0.4, -0.2) is 39.2 Å². The smallest absolute Gasteiger partial charge is 0.0872 e. The van der Waals surface area contributed by atoms with Crippen LogP contribution < -0.4 is 0 Å². The topological polar surface area (TPSA) is 36.4 Å². The predicted octanol–water partition coefficient (Wildman–Crippen LogP) is 2.10. The Balaban J connectivity index is 1.62. The van der Waals surface area contributed by atoms with Gasteiger partial charge >= 0.3 is 0 Å². The van der Waals surface area contributed by atoms with E-state index in [0.29, 0.717) is 6.04 Å². The van der Waals surface area contributed by atoms with Crippen LogP contribution in [0.2, 0.25) is 0 Å². The van der Waals surface area contributed by atoms with Crippen molar-refractivity contribution < 1.29 is 5.11 Å². The number of pyridine rings is 1. The van der Waals surface area contributed by atoms with Gasteiger partial charge in [0.05, 0.1) is 5.60 Å². The lowest BCUT2D eigenvalue weighted by Crippen LogP contribution is -2.39. The SMILES string of the molecule is CC1CC(O)(C2CCc3cccnc32)CN1C1CC1. The number of fused-ring (bicyclic) bond motifs is 1. The number of rotatable bonds is 2. The Morgan fingerprint density at radius 2 is 2.21 bits per heavy atom. The van der Waals surface area contributed by atoms with Crippen LogP contribution in [0.4, 0.5) is 0 Å². The van der Waals surface area contributed by atoms with Crippen LogP contribution in [-0.2, 0) is 6.42 Å². The molecular weight excluding hydrogens is 236 g/mol. The van der Waals surface area contributed by atoms with Crippen molar-refractivity contribution in [1.82, 2.24) is 9.88 Å². The highest BCUT2D eigenvalue weighted by Gasteiger charge is 2.51. The standard InChI is InChI=1S/C16H22N2O/c1-11-9-16(19,10-18(11)13-5-6-13)14-7-4-12-3-2-8-17-15(12)14/h2-3,8,11,13-14,19H,4-7,9-10H2,1H3. The summed E-state index contributed by atoms with van der Waals surface area (Å²) in [4.78, 5) is 7.09. The third kappa shape index (κ3) is 1.83. The fraction of sp³-hybridized carbons (Fsp3) is 0.688. The maximum Gasteiger partial charge on any atom is 0.0872 e. The molecule has 0 bridgehead atoms. The first kappa shape index (κ1) is 11.9. The predicted molar refractivity (Wildman–Crippen MR) is 74.1 cm³/mol. The van der Waals surface area contributed by atoms with Gasteiger partial charge in [0.25, 0.3) is 0 Å². The Morgan fingerprint density at radius 1 is 1.37 bits per heavy atom. The van der Waals surface area contributed by atoms with E-state index >= 15 is 0 Å². The number of likely N-dealkylation sites (tertiary alicyclic amines) is 1. The first-order valence-corrected chi connectivity index (χ1v) is 7.59. The summed E-state index contributed by atoms with van der Waals surface area (Å²) in [6.45, 7) is 3.12. The second-order valence-corrected chi connectivity index (χ2v) is 6.70. The van der Waals surface area contributed by atoms with E-state index in [1.54, 1.807) is 0 Å². The van der Waals surface area contributed by atoms with Crippen molar-refractivity contribution in [3.8, 4) is 0 Å². The summed E-state index contributed by atoms with van der Waals surface area (Å²) < 4.78 is 0. The van der Waals surface area contributed by atoms with Gasteiger partial charge in [-0.3, -0.25) is 9.88 Å². The molecule has 2 fully saturated rings. The highest BCUT2D eigenvalue weighted by atomic mass is 16.3. The summed E-state index contributed by atoms with van der Waals surface area (Å²) in [6.07, 6.45) is 7.56. The van der Waals surface area contributed by atoms with Crippen molar-refractivity contribution in [2.45, 2.75) is 62.6 Å². The molecule has 0 amide bonds. The molecule has 1 saturated carbocycles. The van der Waals surface area contributed by atoms with E-state index in [4.69, 9.17) is 0 Å². The molecule has 0 spiro atoms. The molecule has 2 heterocycles. The third-order valence-corrected chi connectivity index (χ3v) is 5.29. The zero-order chi connectivity index (χ0) is 13.0. The molecule has 2 aliphatic carbocycles. The van der Waals surface area contributed by atoms with E-state index in [-0.39, 0.29) is 5.92 Å². The van der Waals surface area contributed by atoms with Gasteiger partial charge in [-0.15, -0.1) is 0 Å². The number of aryl methyl sites for hydroxylation is 1. The van der Waals surface area contributed by atoms with E-state index in [9.17, 15) is 5.11 Å². The zero-order valence-corrected chi connectivity index (χ0v) is 11.5. The van der Waals surface area contributed by atoms with E-state index in [1.807, 2.05) is 12.3 Å². The largest absolute Gasteiger partial charge is 0.388 e. The zero-order valence-electron chi connectivity index (χ0n) is 11.5. The van der Waals surface area contributed by atoms with Gasteiger partial charge in [-0.1, -0.05) is 6.07 Å². The minimum atomic E-state index is -0.554. The fourth-order valence-electron chi connectivity index (χ4n) is 4.25. The average molecular weight is 258 g/mol. The maximum atomic E-state index is 11.2. The Labute approximate surface area is 114 Å². The van der Waals surface area contributed by atoms with Gasteiger partial charge in [0.1, 0.15) is 0 Å². The van der Waals surface area contributed by atoms with E-state index in [0.717, 1.165) is 37.5 Å². The second-order valence-electron chi connectivity index (χ2n) is 6.70. The van der Waals surface area contributed by atoms with Crippen molar-refractivity contribution in [3.05, 3.63) is 29.6 Å². The highest BCUT2D eigenvalue weighted by Crippen LogP contribution is 2.47. The van der Waals surface area contributed by atoms with Crippen LogP contribution in [0.1, 0.15) is 49.8 Å². The van der Waals surface area contributed by atoms with Crippen LogP contribution >= 0.6 is 0 Å². The van der Waals surface area contributed by atoms with E-state index in [1.165, 1.54) is 18.4 Å². The molecule has 3 unspecified atom stereocenters. The number of aliphatic hydroxyl groups is 1. The van der Waals surface area contributed by atoms with E-state index < -0.39 is 5.60 Å². The van der Waals surface area contributed by atoms with Gasteiger partial charge in [0.15, 0.2) is 0 Å². The molecule has 1 aromatic rings. The number of aromatic nitrogens is 1. The highest BCUT2D eigenvalue weighted by molar-refractivity contribution is 5.32. The molecular formula is C16H22N2O. The molecule has 1 aromatic heterocycles. The molecule has 0 radical (unpaired) electrons. The lowest BCUT2D eigenvalue weighted by atomic mass is 9.83. The number of hydrogen-bond donors (Lipinski definition) is 1. The van der Waals surface area contributed by atoms with Crippen molar-refractivity contribution in [3.63, 3.8) is 0 Å². The molecule has 3 atom stereocenters. The summed E-state index contributed by atoms with van der Waals surface area (Å²) in [6, 6.07) is 5.45. The van der Waals surface area contributed by atoms with Crippen LogP contribution in [0.5, 0.6) is 0 Å². The Bertz CT molecular complexity index is 499. The maximum absolute atomic E-state index is 11.2. The summed E-state index contributed by atoms with van der Waals surface area (Å²) in [5.41, 5.74) is 1.95. The first-order chi connectivity index (χ1) is 9.17.